The Balaban J connectivity index is 1.89. The SMILES string of the molecule is O=S(=O)(Nc1ccccc1NS(=O)(=O)c1ccc(C(F)(F)F)cc1)c1ccc(F)cc1. The Morgan fingerprint density at radius 3 is 1.39 bits per heavy atom. The normalized spacial score (nSPS) is 12.4. The van der Waals surface area contributed by atoms with E-state index in [1.807, 2.05) is 0 Å². The molecule has 0 amide bonds. The highest BCUT2D eigenvalue weighted by Gasteiger charge is 2.30. The minimum absolute atomic E-state index is 0.137. The molecule has 3 aromatic rings. The van der Waals surface area contributed by atoms with Crippen LogP contribution >= 0.6 is 0 Å². The lowest BCUT2D eigenvalue weighted by molar-refractivity contribution is -0.137. The molecule has 12 heteroatoms. The average Bonchev–Trinajstić information content (AvgIpc) is 2.69. The van der Waals surface area contributed by atoms with Crippen molar-refractivity contribution >= 4 is 31.4 Å². The summed E-state index contributed by atoms with van der Waals surface area (Å²) in [5.41, 5.74) is -1.31. The van der Waals surface area contributed by atoms with Crippen LogP contribution in [0.25, 0.3) is 0 Å². The van der Waals surface area contributed by atoms with Gasteiger partial charge in [-0.25, -0.2) is 21.2 Å². The first kappa shape index (κ1) is 22.6. The molecular weight excluding hydrogens is 460 g/mol. The van der Waals surface area contributed by atoms with E-state index >= 15 is 0 Å². The topological polar surface area (TPSA) is 92.3 Å². The highest BCUT2D eigenvalue weighted by Crippen LogP contribution is 2.31. The van der Waals surface area contributed by atoms with Crippen molar-refractivity contribution < 1.29 is 34.4 Å². The van der Waals surface area contributed by atoms with E-state index in [-0.39, 0.29) is 16.3 Å². The van der Waals surface area contributed by atoms with Crippen molar-refractivity contribution in [3.63, 3.8) is 0 Å². The number of alkyl halides is 3. The molecule has 0 atom stereocenters. The summed E-state index contributed by atoms with van der Waals surface area (Å²) in [6.45, 7) is 0. The Hall–Kier alpha value is -3.12. The second-order valence-electron chi connectivity index (χ2n) is 6.23. The molecule has 0 aromatic heterocycles. The lowest BCUT2D eigenvalue weighted by atomic mass is 10.2. The van der Waals surface area contributed by atoms with Crippen molar-refractivity contribution in [3.05, 3.63) is 84.2 Å². The molecule has 0 fully saturated rings. The molecule has 0 aliphatic heterocycles. The van der Waals surface area contributed by atoms with Gasteiger partial charge in [0.15, 0.2) is 0 Å². The van der Waals surface area contributed by atoms with Gasteiger partial charge in [-0.2, -0.15) is 13.2 Å². The predicted octanol–water partition coefficient (Wildman–Crippen LogP) is 4.45. The number of benzene rings is 3. The Bertz CT molecular complexity index is 1290. The standard InChI is InChI=1S/C19H14F4N2O4S2/c20-14-7-11-16(12-8-14)31(28,29)25-18-4-2-1-3-17(18)24-30(26,27)15-9-5-13(6-10-15)19(21,22)23/h1-12,24-25H. The van der Waals surface area contributed by atoms with Gasteiger partial charge in [-0.05, 0) is 60.7 Å². The highest BCUT2D eigenvalue weighted by atomic mass is 32.2. The Labute approximate surface area is 175 Å². The summed E-state index contributed by atoms with van der Waals surface area (Å²) < 4.78 is 106. The smallest absolute Gasteiger partial charge is 0.277 e. The van der Waals surface area contributed by atoms with Crippen LogP contribution in [0.15, 0.2) is 82.6 Å². The van der Waals surface area contributed by atoms with E-state index in [1.165, 1.54) is 24.3 Å². The molecule has 2 N–H and O–H groups in total. The van der Waals surface area contributed by atoms with Crippen molar-refractivity contribution in [2.75, 3.05) is 9.44 Å². The van der Waals surface area contributed by atoms with Gasteiger partial charge in [0.2, 0.25) is 0 Å². The molecule has 0 spiro atoms. The Morgan fingerprint density at radius 1 is 0.613 bits per heavy atom. The molecule has 0 saturated heterocycles. The number of hydrogen-bond donors (Lipinski definition) is 2. The second kappa shape index (κ2) is 8.19. The van der Waals surface area contributed by atoms with E-state index in [9.17, 15) is 34.4 Å². The van der Waals surface area contributed by atoms with Gasteiger partial charge in [0, 0.05) is 0 Å². The Kier molecular flexibility index (Phi) is 5.96. The maximum atomic E-state index is 13.0. The van der Waals surface area contributed by atoms with Crippen molar-refractivity contribution in [1.29, 1.82) is 0 Å². The van der Waals surface area contributed by atoms with Crippen LogP contribution in [0.3, 0.4) is 0 Å². The van der Waals surface area contributed by atoms with Gasteiger partial charge in [0.1, 0.15) is 5.82 Å². The maximum absolute atomic E-state index is 13.0. The number of nitrogens with one attached hydrogen (secondary N) is 2. The fourth-order valence-electron chi connectivity index (χ4n) is 2.51. The van der Waals surface area contributed by atoms with Crippen molar-refractivity contribution in [2.45, 2.75) is 16.0 Å². The molecule has 0 bridgehead atoms. The summed E-state index contributed by atoms with van der Waals surface area (Å²) in [7, 11) is -8.50. The minimum atomic E-state index is -4.62. The number of rotatable bonds is 6. The van der Waals surface area contributed by atoms with Crippen LogP contribution in [0.1, 0.15) is 5.56 Å². The number of halogens is 4. The Morgan fingerprint density at radius 2 is 1.00 bits per heavy atom. The molecule has 0 unspecified atom stereocenters. The fourth-order valence-corrected chi connectivity index (χ4v) is 4.66. The van der Waals surface area contributed by atoms with Crippen LogP contribution in [0.4, 0.5) is 28.9 Å². The van der Waals surface area contributed by atoms with Gasteiger partial charge in [-0.1, -0.05) is 12.1 Å². The highest BCUT2D eigenvalue weighted by molar-refractivity contribution is 7.93. The molecular formula is C19H14F4N2O4S2. The van der Waals surface area contributed by atoms with Gasteiger partial charge in [0.25, 0.3) is 20.0 Å². The zero-order valence-electron chi connectivity index (χ0n) is 15.4. The van der Waals surface area contributed by atoms with Crippen LogP contribution in [-0.4, -0.2) is 16.8 Å². The number of hydrogen-bond acceptors (Lipinski definition) is 4. The van der Waals surface area contributed by atoms with Crippen molar-refractivity contribution in [1.82, 2.24) is 0 Å². The van der Waals surface area contributed by atoms with Gasteiger partial charge in [-0.3, -0.25) is 9.44 Å². The zero-order chi connectivity index (χ0) is 22.9. The van der Waals surface area contributed by atoms with E-state index in [0.717, 1.165) is 36.4 Å². The molecule has 0 aliphatic rings. The third-order valence-electron chi connectivity index (χ3n) is 4.03. The van der Waals surface area contributed by atoms with Crippen molar-refractivity contribution in [3.8, 4) is 0 Å². The van der Waals surface area contributed by atoms with E-state index in [1.54, 1.807) is 0 Å². The molecule has 0 saturated carbocycles. The molecule has 3 rings (SSSR count). The largest absolute Gasteiger partial charge is 0.416 e. The third-order valence-corrected chi connectivity index (χ3v) is 6.79. The summed E-state index contributed by atoms with van der Waals surface area (Å²) >= 11 is 0. The molecule has 0 radical (unpaired) electrons. The molecule has 0 aliphatic carbocycles. The second-order valence-corrected chi connectivity index (χ2v) is 9.60. The maximum Gasteiger partial charge on any atom is 0.416 e. The monoisotopic (exact) mass is 474 g/mol. The molecule has 164 valence electrons. The summed E-state index contributed by atoms with van der Waals surface area (Å²) in [6, 6.07) is 12.2. The number of sulfonamides is 2. The summed E-state index contributed by atoms with van der Waals surface area (Å²) in [5, 5.41) is 0. The van der Waals surface area contributed by atoms with E-state index in [0.29, 0.717) is 12.1 Å². The lowest BCUT2D eigenvalue weighted by Gasteiger charge is -2.15. The first-order valence-electron chi connectivity index (χ1n) is 8.46. The fraction of sp³-hybridized carbons (Fsp3) is 0.0526. The van der Waals surface area contributed by atoms with Crippen LogP contribution in [0.2, 0.25) is 0 Å². The molecule has 3 aromatic carbocycles. The summed E-state index contributed by atoms with van der Waals surface area (Å²) in [5.74, 6) is -0.636. The molecule has 6 nitrogen and oxygen atoms in total. The number of para-hydroxylation sites is 2. The van der Waals surface area contributed by atoms with Gasteiger partial charge in [-0.15, -0.1) is 0 Å². The first-order valence-corrected chi connectivity index (χ1v) is 11.4. The van der Waals surface area contributed by atoms with Crippen LogP contribution in [0.5, 0.6) is 0 Å². The van der Waals surface area contributed by atoms with Gasteiger partial charge < -0.3 is 0 Å². The van der Waals surface area contributed by atoms with Gasteiger partial charge >= 0.3 is 6.18 Å². The zero-order valence-corrected chi connectivity index (χ0v) is 17.0. The van der Waals surface area contributed by atoms with Gasteiger partial charge in [0.05, 0.1) is 26.7 Å². The lowest BCUT2D eigenvalue weighted by Crippen LogP contribution is -2.17. The van der Waals surface area contributed by atoms with E-state index < -0.39 is 42.5 Å². The van der Waals surface area contributed by atoms with Crippen LogP contribution in [0, 0.1) is 5.82 Å². The molecule has 0 heterocycles. The number of anilines is 2. The third kappa shape index (κ3) is 5.33. The van der Waals surface area contributed by atoms with E-state index in [4.69, 9.17) is 0 Å². The average molecular weight is 474 g/mol. The minimum Gasteiger partial charge on any atom is -0.277 e. The van der Waals surface area contributed by atoms with Crippen LogP contribution < -0.4 is 9.44 Å². The molecule has 31 heavy (non-hydrogen) atoms. The van der Waals surface area contributed by atoms with Crippen molar-refractivity contribution in [2.24, 2.45) is 0 Å². The quantitative estimate of drug-likeness (QED) is 0.517. The van der Waals surface area contributed by atoms with E-state index in [2.05, 4.69) is 9.44 Å². The summed E-state index contributed by atoms with van der Waals surface area (Å²) in [4.78, 5) is -0.703. The predicted molar refractivity (Wildman–Crippen MR) is 106 cm³/mol. The summed E-state index contributed by atoms with van der Waals surface area (Å²) in [6.07, 6.45) is -4.62. The van der Waals surface area contributed by atoms with Crippen LogP contribution in [-0.2, 0) is 26.2 Å². The first-order chi connectivity index (χ1) is 14.4.